The van der Waals surface area contributed by atoms with Gasteiger partial charge in [0.15, 0.2) is 5.58 Å². The molecule has 0 aliphatic heterocycles. The molecule has 37 heavy (non-hydrogen) atoms. The van der Waals surface area contributed by atoms with Crippen LogP contribution in [0.2, 0.25) is 0 Å². The molecule has 0 radical (unpaired) electrons. The van der Waals surface area contributed by atoms with Crippen molar-refractivity contribution in [1.82, 2.24) is 4.98 Å². The molecule has 0 saturated heterocycles. The molecular formula is C33H31NO3. The van der Waals surface area contributed by atoms with Crippen LogP contribution in [0.5, 0.6) is 0 Å². The third kappa shape index (κ3) is 6.49. The number of carbonyl (C=O) groups is 1. The van der Waals surface area contributed by atoms with E-state index in [1.807, 2.05) is 18.2 Å². The zero-order valence-electron chi connectivity index (χ0n) is 21.7. The third-order valence-electron chi connectivity index (χ3n) is 5.99. The van der Waals surface area contributed by atoms with Gasteiger partial charge in [-0.05, 0) is 66.4 Å². The fourth-order valence-electron chi connectivity index (χ4n) is 4.00. The van der Waals surface area contributed by atoms with Crippen molar-refractivity contribution in [2.75, 3.05) is 7.11 Å². The Bertz CT molecular complexity index is 1480. The van der Waals surface area contributed by atoms with Gasteiger partial charge in [-0.2, -0.15) is 0 Å². The average Bonchev–Trinajstić information content (AvgIpc) is 3.36. The molecule has 0 atom stereocenters. The van der Waals surface area contributed by atoms with Crippen LogP contribution in [0.25, 0.3) is 33.7 Å². The lowest BCUT2D eigenvalue weighted by Crippen LogP contribution is -2.00. The molecule has 0 fully saturated rings. The fourth-order valence-corrected chi connectivity index (χ4v) is 4.00. The maximum absolute atomic E-state index is 12.0. The summed E-state index contributed by atoms with van der Waals surface area (Å²) < 4.78 is 10.9. The van der Waals surface area contributed by atoms with E-state index in [4.69, 9.17) is 14.1 Å². The van der Waals surface area contributed by atoms with Crippen molar-refractivity contribution in [3.63, 3.8) is 0 Å². The van der Waals surface area contributed by atoms with E-state index >= 15 is 0 Å². The van der Waals surface area contributed by atoms with Crippen LogP contribution in [0.4, 0.5) is 0 Å². The van der Waals surface area contributed by atoms with Crippen molar-refractivity contribution < 1.29 is 13.9 Å². The highest BCUT2D eigenvalue weighted by atomic mass is 16.5. The van der Waals surface area contributed by atoms with Crippen molar-refractivity contribution >= 4 is 17.1 Å². The van der Waals surface area contributed by atoms with Crippen LogP contribution >= 0.6 is 0 Å². The summed E-state index contributed by atoms with van der Waals surface area (Å²) in [4.78, 5) is 16.7. The van der Waals surface area contributed by atoms with Gasteiger partial charge in [0.2, 0.25) is 5.89 Å². The smallest absolute Gasteiger partial charge is 0.337 e. The average molecular weight is 490 g/mol. The summed E-state index contributed by atoms with van der Waals surface area (Å²) in [5.74, 6) is 13.4. The van der Waals surface area contributed by atoms with E-state index < -0.39 is 5.97 Å². The van der Waals surface area contributed by atoms with Crippen molar-refractivity contribution in [3.8, 4) is 46.3 Å². The van der Waals surface area contributed by atoms with Crippen molar-refractivity contribution in [3.05, 3.63) is 77.4 Å². The van der Waals surface area contributed by atoms with Gasteiger partial charge in [-0.15, -0.1) is 0 Å². The van der Waals surface area contributed by atoms with Crippen molar-refractivity contribution in [2.45, 2.75) is 52.4 Å². The lowest BCUT2D eigenvalue weighted by Gasteiger charge is -2.09. The Labute approximate surface area is 219 Å². The Balaban J connectivity index is 1.78. The Hall–Kier alpha value is -4.28. The predicted octanol–water partition coefficient (Wildman–Crippen LogP) is 8.03. The van der Waals surface area contributed by atoms with E-state index in [9.17, 15) is 4.79 Å². The lowest BCUT2D eigenvalue weighted by molar-refractivity contribution is 0.0601. The number of hydrogen-bond donors (Lipinski definition) is 0. The minimum absolute atomic E-state index is 0.406. The summed E-state index contributed by atoms with van der Waals surface area (Å²) in [5, 5.41) is 0. The van der Waals surface area contributed by atoms with Crippen LogP contribution in [0.15, 0.2) is 65.1 Å². The van der Waals surface area contributed by atoms with Gasteiger partial charge in [-0.3, -0.25) is 0 Å². The SMILES string of the molecule is CCCCC#Cc1cc(C#CCCCC)cc(-c2ccccc2-c2nc3cc(C(=O)OC)ccc3o2)c1. The molecule has 4 aromatic rings. The first-order valence-corrected chi connectivity index (χ1v) is 12.8. The van der Waals surface area contributed by atoms with E-state index in [1.54, 1.807) is 18.2 Å². The molecule has 4 rings (SSSR count). The summed E-state index contributed by atoms with van der Waals surface area (Å²) >= 11 is 0. The summed E-state index contributed by atoms with van der Waals surface area (Å²) in [5.41, 5.74) is 6.39. The molecule has 0 bridgehead atoms. The number of rotatable bonds is 7. The molecule has 0 saturated carbocycles. The Morgan fingerprint density at radius 1 is 0.865 bits per heavy atom. The fraction of sp³-hybridized carbons (Fsp3) is 0.273. The molecular weight excluding hydrogens is 458 g/mol. The molecule has 0 aliphatic rings. The number of methoxy groups -OCH3 is 1. The number of fused-ring (bicyclic) bond motifs is 1. The van der Waals surface area contributed by atoms with Gasteiger partial charge in [0.25, 0.3) is 0 Å². The highest BCUT2D eigenvalue weighted by Crippen LogP contribution is 2.34. The first-order valence-electron chi connectivity index (χ1n) is 12.8. The maximum atomic E-state index is 12.0. The topological polar surface area (TPSA) is 52.3 Å². The van der Waals surface area contributed by atoms with Crippen LogP contribution < -0.4 is 0 Å². The standard InChI is InChI=1S/C33H31NO3/c1-4-6-8-10-14-24-20-25(15-11-9-7-5-2)22-27(21-24)28-16-12-13-17-29(28)32-34-30-23-26(33(35)36-3)18-19-31(30)37-32/h12-13,16-23H,4-9H2,1-3H3. The molecule has 0 unspecified atom stereocenters. The normalized spacial score (nSPS) is 10.4. The molecule has 0 amide bonds. The summed E-state index contributed by atoms with van der Waals surface area (Å²) in [6.07, 6.45) is 6.20. The van der Waals surface area contributed by atoms with Gasteiger partial charge in [0.1, 0.15) is 5.52 Å². The zero-order valence-corrected chi connectivity index (χ0v) is 21.7. The second-order valence-corrected chi connectivity index (χ2v) is 8.85. The molecule has 1 heterocycles. The monoisotopic (exact) mass is 489 g/mol. The van der Waals surface area contributed by atoms with Crippen LogP contribution in [-0.2, 0) is 4.74 Å². The number of unbranched alkanes of at least 4 members (excludes halogenated alkanes) is 4. The Kier molecular flexibility index (Phi) is 8.79. The second-order valence-electron chi connectivity index (χ2n) is 8.85. The summed E-state index contributed by atoms with van der Waals surface area (Å²) in [7, 11) is 1.36. The number of ether oxygens (including phenoxy) is 1. The van der Waals surface area contributed by atoms with Gasteiger partial charge >= 0.3 is 5.97 Å². The summed E-state index contributed by atoms with van der Waals surface area (Å²) in [6.45, 7) is 4.34. The molecule has 3 aromatic carbocycles. The van der Waals surface area contributed by atoms with E-state index in [2.05, 4.69) is 61.8 Å². The first-order chi connectivity index (χ1) is 18.1. The molecule has 4 heteroatoms. The van der Waals surface area contributed by atoms with Gasteiger partial charge in [0.05, 0.1) is 12.7 Å². The van der Waals surface area contributed by atoms with Gasteiger partial charge < -0.3 is 9.15 Å². The Morgan fingerprint density at radius 3 is 2.14 bits per heavy atom. The molecule has 0 spiro atoms. The molecule has 0 N–H and O–H groups in total. The van der Waals surface area contributed by atoms with Crippen molar-refractivity contribution in [2.24, 2.45) is 0 Å². The van der Waals surface area contributed by atoms with Gasteiger partial charge in [-0.25, -0.2) is 9.78 Å². The maximum Gasteiger partial charge on any atom is 0.337 e. The highest BCUT2D eigenvalue weighted by Gasteiger charge is 2.16. The molecule has 4 nitrogen and oxygen atoms in total. The third-order valence-corrected chi connectivity index (χ3v) is 5.99. The minimum atomic E-state index is -0.406. The van der Waals surface area contributed by atoms with Crippen LogP contribution in [0.3, 0.4) is 0 Å². The number of oxazole rings is 1. The lowest BCUT2D eigenvalue weighted by atomic mass is 9.96. The molecule has 1 aromatic heterocycles. The number of hydrogen-bond acceptors (Lipinski definition) is 4. The van der Waals surface area contributed by atoms with Crippen LogP contribution in [-0.4, -0.2) is 18.1 Å². The molecule has 0 aliphatic carbocycles. The zero-order chi connectivity index (χ0) is 26.0. The second kappa shape index (κ2) is 12.6. The van der Waals surface area contributed by atoms with E-state index in [0.717, 1.165) is 66.3 Å². The van der Waals surface area contributed by atoms with E-state index in [-0.39, 0.29) is 0 Å². The van der Waals surface area contributed by atoms with Gasteiger partial charge in [0, 0.05) is 29.5 Å². The van der Waals surface area contributed by atoms with E-state index in [1.165, 1.54) is 7.11 Å². The van der Waals surface area contributed by atoms with Gasteiger partial charge in [-0.1, -0.05) is 68.6 Å². The highest BCUT2D eigenvalue weighted by molar-refractivity contribution is 5.94. The largest absolute Gasteiger partial charge is 0.465 e. The quantitative estimate of drug-likeness (QED) is 0.150. The number of aromatic nitrogens is 1. The number of nitrogens with zero attached hydrogens (tertiary/aromatic N) is 1. The van der Waals surface area contributed by atoms with E-state index in [0.29, 0.717) is 22.6 Å². The minimum Gasteiger partial charge on any atom is -0.465 e. The summed E-state index contributed by atoms with van der Waals surface area (Å²) in [6, 6.07) is 19.4. The number of esters is 1. The molecule has 186 valence electrons. The van der Waals surface area contributed by atoms with Crippen LogP contribution in [0.1, 0.15) is 73.9 Å². The number of carbonyl (C=O) groups excluding carboxylic acids is 1. The van der Waals surface area contributed by atoms with Crippen LogP contribution in [0, 0.1) is 23.7 Å². The Morgan fingerprint density at radius 2 is 1.51 bits per heavy atom. The number of benzene rings is 3. The predicted molar refractivity (Wildman–Crippen MR) is 149 cm³/mol. The van der Waals surface area contributed by atoms with Crippen molar-refractivity contribution in [1.29, 1.82) is 0 Å². The first kappa shape index (κ1) is 25.8.